The predicted molar refractivity (Wildman–Crippen MR) is 93.7 cm³/mol. The quantitative estimate of drug-likeness (QED) is 0.631. The van der Waals surface area contributed by atoms with Gasteiger partial charge in [0.05, 0.1) is 0 Å². The van der Waals surface area contributed by atoms with Gasteiger partial charge in [-0.05, 0) is 54.9 Å². The second-order valence-corrected chi connectivity index (χ2v) is 6.10. The smallest absolute Gasteiger partial charge is 0.164 e. The van der Waals surface area contributed by atoms with E-state index in [0.717, 1.165) is 29.5 Å². The minimum Gasteiger partial charge on any atom is -0.294 e. The highest BCUT2D eigenvalue weighted by Gasteiger charge is 2.18. The van der Waals surface area contributed by atoms with E-state index in [1.165, 1.54) is 11.1 Å². The van der Waals surface area contributed by atoms with Crippen LogP contribution in [0.4, 0.5) is 0 Å². The van der Waals surface area contributed by atoms with E-state index in [2.05, 4.69) is 64.1 Å². The first kappa shape index (κ1) is 16.5. The van der Waals surface area contributed by atoms with Gasteiger partial charge in [0, 0.05) is 12.0 Å². The van der Waals surface area contributed by atoms with Gasteiger partial charge in [-0.25, -0.2) is 0 Å². The van der Waals surface area contributed by atoms with Crippen LogP contribution in [0.1, 0.15) is 65.2 Å². The maximum Gasteiger partial charge on any atom is 0.164 e. The zero-order valence-corrected chi connectivity index (χ0v) is 14.1. The minimum atomic E-state index is 0.272. The third-order valence-corrected chi connectivity index (χ3v) is 4.48. The van der Waals surface area contributed by atoms with Crippen LogP contribution in [0.2, 0.25) is 0 Å². The van der Waals surface area contributed by atoms with E-state index >= 15 is 0 Å². The van der Waals surface area contributed by atoms with Crippen molar-refractivity contribution < 1.29 is 4.79 Å². The molecule has 1 unspecified atom stereocenters. The van der Waals surface area contributed by atoms with Crippen molar-refractivity contribution in [3.8, 4) is 0 Å². The molecule has 0 heterocycles. The SMILES string of the molecule is CCc1cc(C)c(C(=O)CC(CC)c2ccccc2)c(C)c1. The number of Topliss-reactive ketones (excluding diaryl/α,β-unsaturated/α-hetero) is 1. The minimum absolute atomic E-state index is 0.272. The van der Waals surface area contributed by atoms with E-state index in [1.807, 2.05) is 6.07 Å². The highest BCUT2D eigenvalue weighted by atomic mass is 16.1. The summed E-state index contributed by atoms with van der Waals surface area (Å²) in [6.07, 6.45) is 2.59. The van der Waals surface area contributed by atoms with Crippen molar-refractivity contribution in [2.24, 2.45) is 0 Å². The Morgan fingerprint density at radius 3 is 2.09 bits per heavy atom. The molecule has 0 amide bonds. The molecule has 22 heavy (non-hydrogen) atoms. The molecule has 1 nitrogen and oxygen atoms in total. The van der Waals surface area contributed by atoms with Gasteiger partial charge in [-0.1, -0.05) is 56.3 Å². The van der Waals surface area contributed by atoms with Gasteiger partial charge >= 0.3 is 0 Å². The van der Waals surface area contributed by atoms with Gasteiger partial charge in [-0.2, -0.15) is 0 Å². The molecule has 2 aromatic carbocycles. The van der Waals surface area contributed by atoms with Crippen molar-refractivity contribution in [1.82, 2.24) is 0 Å². The number of rotatable bonds is 6. The lowest BCUT2D eigenvalue weighted by Gasteiger charge is -2.17. The largest absolute Gasteiger partial charge is 0.294 e. The number of ketones is 1. The molecule has 1 atom stereocenters. The lowest BCUT2D eigenvalue weighted by molar-refractivity contribution is 0.0971. The summed E-state index contributed by atoms with van der Waals surface area (Å²) < 4.78 is 0. The summed E-state index contributed by atoms with van der Waals surface area (Å²) in [5.74, 6) is 0.576. The average molecular weight is 294 g/mol. The molecule has 2 rings (SSSR count). The fourth-order valence-corrected chi connectivity index (χ4v) is 3.25. The Hall–Kier alpha value is -1.89. The molecule has 0 N–H and O–H groups in total. The Labute approximate surface area is 134 Å². The van der Waals surface area contributed by atoms with E-state index in [4.69, 9.17) is 0 Å². The normalized spacial score (nSPS) is 12.2. The third kappa shape index (κ3) is 3.65. The van der Waals surface area contributed by atoms with Crippen molar-refractivity contribution in [1.29, 1.82) is 0 Å². The topological polar surface area (TPSA) is 17.1 Å². The zero-order chi connectivity index (χ0) is 16.1. The number of carbonyl (C=O) groups excluding carboxylic acids is 1. The first-order valence-corrected chi connectivity index (χ1v) is 8.25. The van der Waals surface area contributed by atoms with Gasteiger partial charge < -0.3 is 0 Å². The Balaban J connectivity index is 2.25. The van der Waals surface area contributed by atoms with Crippen LogP contribution < -0.4 is 0 Å². The fraction of sp³-hybridized carbons (Fsp3) is 0.381. The van der Waals surface area contributed by atoms with Crippen molar-refractivity contribution >= 4 is 5.78 Å². The summed E-state index contributed by atoms with van der Waals surface area (Å²) in [5, 5.41) is 0. The van der Waals surface area contributed by atoms with Crippen molar-refractivity contribution in [3.05, 3.63) is 70.3 Å². The monoisotopic (exact) mass is 294 g/mol. The molecule has 0 aliphatic rings. The molecule has 2 aromatic rings. The summed E-state index contributed by atoms with van der Waals surface area (Å²) >= 11 is 0. The Morgan fingerprint density at radius 2 is 1.59 bits per heavy atom. The van der Waals surface area contributed by atoms with E-state index in [0.29, 0.717) is 12.3 Å². The lowest BCUT2D eigenvalue weighted by Crippen LogP contribution is -2.10. The van der Waals surface area contributed by atoms with Gasteiger partial charge in [0.1, 0.15) is 0 Å². The lowest BCUT2D eigenvalue weighted by atomic mass is 9.86. The van der Waals surface area contributed by atoms with E-state index < -0.39 is 0 Å². The molecule has 0 saturated heterocycles. The third-order valence-electron chi connectivity index (χ3n) is 4.48. The molecule has 0 bridgehead atoms. The number of hydrogen-bond donors (Lipinski definition) is 0. The summed E-state index contributed by atoms with van der Waals surface area (Å²) in [5.41, 5.74) is 5.72. The molecule has 0 fully saturated rings. The first-order valence-electron chi connectivity index (χ1n) is 8.25. The summed E-state index contributed by atoms with van der Waals surface area (Å²) in [7, 11) is 0. The molecule has 0 aromatic heterocycles. The number of hydrogen-bond acceptors (Lipinski definition) is 1. The number of aryl methyl sites for hydroxylation is 3. The van der Waals surface area contributed by atoms with Gasteiger partial charge in [0.25, 0.3) is 0 Å². The molecule has 0 spiro atoms. The van der Waals surface area contributed by atoms with Crippen LogP contribution in [-0.2, 0) is 6.42 Å². The second kappa shape index (κ2) is 7.40. The highest BCUT2D eigenvalue weighted by molar-refractivity contribution is 5.99. The fourth-order valence-electron chi connectivity index (χ4n) is 3.25. The van der Waals surface area contributed by atoms with Crippen LogP contribution in [0.3, 0.4) is 0 Å². The van der Waals surface area contributed by atoms with Gasteiger partial charge in [0.15, 0.2) is 5.78 Å². The molecular formula is C21H26O. The van der Waals surface area contributed by atoms with E-state index in [1.54, 1.807) is 0 Å². The molecule has 0 radical (unpaired) electrons. The molecular weight excluding hydrogens is 268 g/mol. The van der Waals surface area contributed by atoms with Crippen LogP contribution in [0.15, 0.2) is 42.5 Å². The second-order valence-electron chi connectivity index (χ2n) is 6.10. The van der Waals surface area contributed by atoms with Gasteiger partial charge in [-0.3, -0.25) is 4.79 Å². The van der Waals surface area contributed by atoms with Gasteiger partial charge in [-0.15, -0.1) is 0 Å². The molecule has 0 saturated carbocycles. The van der Waals surface area contributed by atoms with Crippen LogP contribution in [-0.4, -0.2) is 5.78 Å². The van der Waals surface area contributed by atoms with Crippen LogP contribution in [0.5, 0.6) is 0 Å². The van der Waals surface area contributed by atoms with E-state index in [9.17, 15) is 4.79 Å². The van der Waals surface area contributed by atoms with Gasteiger partial charge in [0.2, 0.25) is 0 Å². The summed E-state index contributed by atoms with van der Waals surface area (Å²) in [6, 6.07) is 14.7. The summed E-state index contributed by atoms with van der Waals surface area (Å²) in [4.78, 5) is 12.8. The average Bonchev–Trinajstić information content (AvgIpc) is 2.52. The molecule has 0 aliphatic heterocycles. The molecule has 1 heteroatoms. The highest BCUT2D eigenvalue weighted by Crippen LogP contribution is 2.27. The Kier molecular flexibility index (Phi) is 5.54. The zero-order valence-electron chi connectivity index (χ0n) is 14.1. The standard InChI is InChI=1S/C21H26O/c1-5-17-12-15(3)21(16(4)13-17)20(22)14-18(6-2)19-10-8-7-9-11-19/h7-13,18H,5-6,14H2,1-4H3. The van der Waals surface area contributed by atoms with Crippen molar-refractivity contribution in [3.63, 3.8) is 0 Å². The van der Waals surface area contributed by atoms with Crippen LogP contribution >= 0.6 is 0 Å². The van der Waals surface area contributed by atoms with Crippen LogP contribution in [0, 0.1) is 13.8 Å². The van der Waals surface area contributed by atoms with Crippen molar-refractivity contribution in [2.45, 2.75) is 52.9 Å². The Morgan fingerprint density at radius 1 is 1.00 bits per heavy atom. The molecule has 0 aliphatic carbocycles. The Bertz CT molecular complexity index is 617. The van der Waals surface area contributed by atoms with Crippen molar-refractivity contribution in [2.75, 3.05) is 0 Å². The maximum atomic E-state index is 12.8. The van der Waals surface area contributed by atoms with E-state index in [-0.39, 0.29) is 5.78 Å². The summed E-state index contributed by atoms with van der Waals surface area (Å²) in [6.45, 7) is 8.43. The predicted octanol–water partition coefficient (Wildman–Crippen LogP) is 5.63. The number of carbonyl (C=O) groups is 1. The molecule has 116 valence electrons. The number of benzene rings is 2. The van der Waals surface area contributed by atoms with Crippen LogP contribution in [0.25, 0.3) is 0 Å². The maximum absolute atomic E-state index is 12.8. The first-order chi connectivity index (χ1) is 10.6.